The third kappa shape index (κ3) is 4.98. The van der Waals surface area contributed by atoms with Crippen LogP contribution in [0.1, 0.15) is 49.2 Å². The van der Waals surface area contributed by atoms with Gasteiger partial charge in [-0.25, -0.2) is 9.67 Å². The van der Waals surface area contributed by atoms with Gasteiger partial charge in [-0.3, -0.25) is 4.79 Å². The normalized spacial score (nSPS) is 15.7. The lowest BCUT2D eigenvalue weighted by Crippen LogP contribution is -2.37. The van der Waals surface area contributed by atoms with Crippen LogP contribution >= 0.6 is 0 Å². The first-order valence-corrected chi connectivity index (χ1v) is 12.3. The predicted octanol–water partition coefficient (Wildman–Crippen LogP) is 5.23. The minimum absolute atomic E-state index is 0.0459. The van der Waals surface area contributed by atoms with E-state index in [0.717, 1.165) is 22.7 Å². The van der Waals surface area contributed by atoms with E-state index in [0.29, 0.717) is 61.4 Å². The molecule has 4 heterocycles. The van der Waals surface area contributed by atoms with Gasteiger partial charge in [-0.05, 0) is 18.9 Å². The van der Waals surface area contributed by atoms with E-state index >= 15 is 0 Å². The van der Waals surface area contributed by atoms with Crippen LogP contribution in [0.2, 0.25) is 0 Å². The van der Waals surface area contributed by atoms with Crippen LogP contribution in [0.15, 0.2) is 47.0 Å². The monoisotopic (exact) mass is 473 g/mol. The first kappa shape index (κ1) is 23.2. The number of aryl methyl sites for hydroxylation is 1. The van der Waals surface area contributed by atoms with Gasteiger partial charge in [-0.15, -0.1) is 0 Å². The smallest absolute Gasteiger partial charge is 0.253 e. The molecule has 3 aromatic heterocycles. The molecule has 1 aliphatic carbocycles. The average Bonchev–Trinajstić information content (AvgIpc) is 3.40. The summed E-state index contributed by atoms with van der Waals surface area (Å²) in [6, 6.07) is 11.9. The number of nitrogens with zero attached hydrogens (tertiary/aromatic N) is 5. The Balaban J connectivity index is 0.000000577. The van der Waals surface area contributed by atoms with Crippen molar-refractivity contribution in [3.63, 3.8) is 0 Å². The van der Waals surface area contributed by atoms with Gasteiger partial charge >= 0.3 is 0 Å². The maximum atomic E-state index is 12.4. The molecule has 4 aromatic rings. The van der Waals surface area contributed by atoms with Crippen LogP contribution in [-0.2, 0) is 4.74 Å². The number of hydrogen-bond acceptors (Lipinski definition) is 7. The number of ether oxygens (including phenoxy) is 1. The summed E-state index contributed by atoms with van der Waals surface area (Å²) in [4.78, 5) is 24.1. The number of ketones is 1. The van der Waals surface area contributed by atoms with Crippen molar-refractivity contribution in [2.45, 2.75) is 40.0 Å². The zero-order valence-electron chi connectivity index (χ0n) is 20.5. The number of fused-ring (bicyclic) bond motifs is 1. The van der Waals surface area contributed by atoms with Crippen LogP contribution in [0, 0.1) is 12.8 Å². The molecular weight excluding hydrogens is 442 g/mol. The minimum atomic E-state index is -0.0459. The lowest BCUT2D eigenvalue weighted by Gasteiger charge is -2.27. The maximum absolute atomic E-state index is 12.4. The van der Waals surface area contributed by atoms with E-state index in [-0.39, 0.29) is 5.78 Å². The molecule has 2 aliphatic rings. The summed E-state index contributed by atoms with van der Waals surface area (Å²) in [6.45, 7) is 8.58. The number of benzene rings is 1. The molecule has 6 rings (SSSR count). The molecule has 0 unspecified atom stereocenters. The minimum Gasteiger partial charge on any atom is -0.447 e. The van der Waals surface area contributed by atoms with Gasteiger partial charge in [-0.1, -0.05) is 57.0 Å². The Morgan fingerprint density at radius 2 is 1.80 bits per heavy atom. The van der Waals surface area contributed by atoms with Crippen LogP contribution in [0.3, 0.4) is 0 Å². The Hall–Kier alpha value is -3.52. The van der Waals surface area contributed by atoms with Crippen LogP contribution in [-0.4, -0.2) is 51.8 Å². The number of Topliss-reactive ketones (excluding diaryl/α,β-unsaturated/α-hetero) is 1. The summed E-state index contributed by atoms with van der Waals surface area (Å²) < 4.78 is 13.2. The summed E-state index contributed by atoms with van der Waals surface area (Å²) in [5, 5.41) is 4.68. The Morgan fingerprint density at radius 1 is 1.09 bits per heavy atom. The molecular formula is C27H31N5O3. The molecule has 35 heavy (non-hydrogen) atoms. The van der Waals surface area contributed by atoms with Crippen molar-refractivity contribution in [3.05, 3.63) is 53.9 Å². The van der Waals surface area contributed by atoms with Gasteiger partial charge in [0.05, 0.1) is 18.9 Å². The van der Waals surface area contributed by atoms with Crippen LogP contribution in [0.4, 0.5) is 5.82 Å². The highest BCUT2D eigenvalue weighted by atomic mass is 16.5. The first-order valence-electron chi connectivity index (χ1n) is 12.3. The van der Waals surface area contributed by atoms with E-state index in [1.165, 1.54) is 12.8 Å². The summed E-state index contributed by atoms with van der Waals surface area (Å²) in [7, 11) is 0. The highest BCUT2D eigenvalue weighted by molar-refractivity contribution is 6.01. The number of aromatic nitrogens is 4. The quantitative estimate of drug-likeness (QED) is 0.367. The Morgan fingerprint density at radius 3 is 2.46 bits per heavy atom. The molecule has 2 fully saturated rings. The van der Waals surface area contributed by atoms with Crippen LogP contribution < -0.4 is 4.90 Å². The number of morpholine rings is 1. The molecule has 1 aromatic carbocycles. The zero-order chi connectivity index (χ0) is 24.4. The van der Waals surface area contributed by atoms with Gasteiger partial charge in [-0.2, -0.15) is 10.1 Å². The van der Waals surface area contributed by atoms with Gasteiger partial charge in [0, 0.05) is 36.8 Å². The topological polar surface area (TPSA) is 86.3 Å². The van der Waals surface area contributed by atoms with E-state index in [4.69, 9.17) is 19.1 Å². The fraction of sp³-hybridized carbons (Fsp3) is 0.407. The molecule has 1 aliphatic heterocycles. The van der Waals surface area contributed by atoms with Crippen molar-refractivity contribution in [2.75, 3.05) is 31.2 Å². The molecule has 0 atom stereocenters. The van der Waals surface area contributed by atoms with Crippen molar-refractivity contribution >= 4 is 22.7 Å². The average molecular weight is 474 g/mol. The molecule has 0 spiro atoms. The number of carbonyl (C=O) groups excluding carboxylic acids is 1. The van der Waals surface area contributed by atoms with Gasteiger partial charge in [0.15, 0.2) is 22.9 Å². The third-order valence-electron chi connectivity index (χ3n) is 6.35. The van der Waals surface area contributed by atoms with Crippen LogP contribution in [0.25, 0.3) is 28.3 Å². The fourth-order valence-electron chi connectivity index (χ4n) is 3.94. The predicted molar refractivity (Wildman–Crippen MR) is 135 cm³/mol. The summed E-state index contributed by atoms with van der Waals surface area (Å²) >= 11 is 0. The lowest BCUT2D eigenvalue weighted by molar-refractivity contribution is 0.0962. The summed E-state index contributed by atoms with van der Waals surface area (Å²) in [6.07, 6.45) is 5.19. The van der Waals surface area contributed by atoms with Crippen LogP contribution in [0.5, 0.6) is 0 Å². The largest absolute Gasteiger partial charge is 0.447 e. The van der Waals surface area contributed by atoms with Crippen molar-refractivity contribution in [3.8, 4) is 17.2 Å². The second-order valence-electron chi connectivity index (χ2n) is 9.15. The maximum Gasteiger partial charge on any atom is 0.253 e. The Kier molecular flexibility index (Phi) is 6.63. The van der Waals surface area contributed by atoms with E-state index in [1.54, 1.807) is 4.68 Å². The highest BCUT2D eigenvalue weighted by Gasteiger charge is 2.25. The fourth-order valence-corrected chi connectivity index (χ4v) is 3.94. The van der Waals surface area contributed by atoms with Crippen molar-refractivity contribution in [1.29, 1.82) is 0 Å². The molecule has 0 radical (unpaired) electrons. The lowest BCUT2D eigenvalue weighted by atomic mass is 10.1. The van der Waals surface area contributed by atoms with Gasteiger partial charge in [0.2, 0.25) is 0 Å². The van der Waals surface area contributed by atoms with Gasteiger partial charge in [0.25, 0.3) is 5.95 Å². The number of rotatable bonds is 5. The second-order valence-corrected chi connectivity index (χ2v) is 9.15. The molecule has 1 saturated carbocycles. The molecule has 0 N–H and O–H groups in total. The standard InChI is InChI=1S/C23H23N5O3.C4H8/c1-3-18(29)20-15(2)19-21(31-20)22(27-11-13-30-14-12-27)25-23(24-19)28-10-9-17(26-28)16-7-5-4-6-8-16;1-4-2-3-4/h4-10H,3,11-14H2,1-2H3;4H,2-3H2,1H3. The molecule has 0 bridgehead atoms. The Bertz CT molecular complexity index is 1320. The number of carbonyl (C=O) groups is 1. The second kappa shape index (κ2) is 10.00. The Labute approximate surface area is 204 Å². The van der Waals surface area contributed by atoms with E-state index in [1.807, 2.05) is 56.4 Å². The third-order valence-corrected chi connectivity index (χ3v) is 6.35. The van der Waals surface area contributed by atoms with Gasteiger partial charge in [0.1, 0.15) is 5.52 Å². The zero-order valence-corrected chi connectivity index (χ0v) is 20.5. The molecule has 182 valence electrons. The molecule has 8 heteroatoms. The van der Waals surface area contributed by atoms with E-state index < -0.39 is 0 Å². The molecule has 0 amide bonds. The van der Waals surface area contributed by atoms with E-state index in [2.05, 4.69) is 16.9 Å². The SMILES string of the molecule is CC1CC1.CCC(=O)c1oc2c(N3CCOCC3)nc(-n3ccc(-c4ccccc4)n3)nc2c1C. The van der Waals surface area contributed by atoms with Crippen molar-refractivity contribution in [1.82, 2.24) is 19.7 Å². The van der Waals surface area contributed by atoms with E-state index in [9.17, 15) is 4.79 Å². The number of hydrogen-bond donors (Lipinski definition) is 0. The first-order chi connectivity index (χ1) is 17.0. The highest BCUT2D eigenvalue weighted by Crippen LogP contribution is 2.32. The van der Waals surface area contributed by atoms with Crippen molar-refractivity contribution in [2.24, 2.45) is 5.92 Å². The number of furan rings is 1. The molecule has 8 nitrogen and oxygen atoms in total. The van der Waals surface area contributed by atoms with Crippen molar-refractivity contribution < 1.29 is 13.9 Å². The number of anilines is 1. The van der Waals surface area contributed by atoms with Gasteiger partial charge < -0.3 is 14.1 Å². The molecule has 1 saturated heterocycles. The summed E-state index contributed by atoms with van der Waals surface area (Å²) in [5.41, 5.74) is 3.76. The summed E-state index contributed by atoms with van der Waals surface area (Å²) in [5.74, 6) is 2.49.